The molecule has 0 saturated carbocycles. The Kier molecular flexibility index (Phi) is 3.83. The van der Waals surface area contributed by atoms with Crippen LogP contribution in [-0.4, -0.2) is 11.1 Å². The monoisotopic (exact) mass is 210 g/mol. The van der Waals surface area contributed by atoms with E-state index in [1.165, 1.54) is 12.1 Å². The van der Waals surface area contributed by atoms with Gasteiger partial charge in [0.1, 0.15) is 5.82 Å². The zero-order valence-electron chi connectivity index (χ0n) is 8.90. The Morgan fingerprint density at radius 3 is 2.67 bits per heavy atom. The minimum atomic E-state index is -0.894. The Labute approximate surface area is 88.7 Å². The van der Waals surface area contributed by atoms with Gasteiger partial charge in [-0.3, -0.25) is 4.79 Å². The molecule has 0 aliphatic rings. The van der Waals surface area contributed by atoms with Crippen molar-refractivity contribution in [1.29, 1.82) is 0 Å². The predicted octanol–water partition coefficient (Wildman–Crippen LogP) is 3.04. The number of rotatable bonds is 4. The molecule has 2 unspecified atom stereocenters. The van der Waals surface area contributed by atoms with Crippen molar-refractivity contribution in [3.63, 3.8) is 0 Å². The molecule has 1 aromatic carbocycles. The molecular weight excluding hydrogens is 195 g/mol. The number of carbonyl (C=O) groups is 1. The molecule has 1 N–H and O–H groups in total. The predicted molar refractivity (Wildman–Crippen MR) is 56.2 cm³/mol. The lowest BCUT2D eigenvalue weighted by Gasteiger charge is -2.18. The van der Waals surface area contributed by atoms with Crippen LogP contribution in [0.15, 0.2) is 24.3 Å². The van der Waals surface area contributed by atoms with E-state index in [4.69, 9.17) is 5.11 Å². The fourth-order valence-electron chi connectivity index (χ4n) is 1.65. The minimum Gasteiger partial charge on any atom is -0.481 e. The maximum atomic E-state index is 13.0. The highest BCUT2D eigenvalue weighted by atomic mass is 19.1. The first-order chi connectivity index (χ1) is 7.06. The van der Waals surface area contributed by atoms with Gasteiger partial charge in [-0.2, -0.15) is 0 Å². The largest absolute Gasteiger partial charge is 0.481 e. The van der Waals surface area contributed by atoms with Crippen LogP contribution in [-0.2, 0) is 4.79 Å². The highest BCUT2D eigenvalue weighted by Gasteiger charge is 2.25. The van der Waals surface area contributed by atoms with E-state index >= 15 is 0 Å². The molecule has 15 heavy (non-hydrogen) atoms. The van der Waals surface area contributed by atoms with Crippen molar-refractivity contribution in [2.24, 2.45) is 5.92 Å². The lowest BCUT2D eigenvalue weighted by molar-refractivity contribution is -0.140. The van der Waals surface area contributed by atoms with Crippen LogP contribution in [0.2, 0.25) is 0 Å². The second-order valence-corrected chi connectivity index (χ2v) is 3.76. The highest BCUT2D eigenvalue weighted by Crippen LogP contribution is 2.27. The Balaban J connectivity index is 3.04. The summed E-state index contributed by atoms with van der Waals surface area (Å²) >= 11 is 0. The van der Waals surface area contributed by atoms with Crippen LogP contribution in [0, 0.1) is 11.7 Å². The molecule has 0 amide bonds. The van der Waals surface area contributed by atoms with Gasteiger partial charge in [0.2, 0.25) is 0 Å². The van der Waals surface area contributed by atoms with Crippen molar-refractivity contribution in [2.75, 3.05) is 0 Å². The van der Waals surface area contributed by atoms with Gasteiger partial charge in [-0.05, 0) is 23.6 Å². The lowest BCUT2D eigenvalue weighted by Crippen LogP contribution is -2.19. The van der Waals surface area contributed by atoms with E-state index in [1.807, 2.05) is 13.8 Å². The molecular formula is C12H15FO2. The van der Waals surface area contributed by atoms with Gasteiger partial charge in [0, 0.05) is 0 Å². The number of hydrogen-bond acceptors (Lipinski definition) is 1. The second-order valence-electron chi connectivity index (χ2n) is 3.76. The van der Waals surface area contributed by atoms with Gasteiger partial charge >= 0.3 is 5.97 Å². The first-order valence-corrected chi connectivity index (χ1v) is 5.04. The SMILES string of the molecule is CCC(C)C(C(=O)O)c1cccc(F)c1. The van der Waals surface area contributed by atoms with E-state index in [2.05, 4.69) is 0 Å². The van der Waals surface area contributed by atoms with E-state index in [-0.39, 0.29) is 11.7 Å². The number of carboxylic acids is 1. The van der Waals surface area contributed by atoms with E-state index in [0.717, 1.165) is 6.42 Å². The van der Waals surface area contributed by atoms with Gasteiger partial charge in [0.05, 0.1) is 5.92 Å². The molecule has 0 spiro atoms. The molecule has 1 aromatic rings. The van der Waals surface area contributed by atoms with Gasteiger partial charge in [-0.25, -0.2) is 4.39 Å². The summed E-state index contributed by atoms with van der Waals surface area (Å²) in [7, 11) is 0. The molecule has 2 atom stereocenters. The quantitative estimate of drug-likeness (QED) is 0.829. The van der Waals surface area contributed by atoms with Crippen LogP contribution in [0.4, 0.5) is 4.39 Å². The molecule has 0 aliphatic heterocycles. The maximum Gasteiger partial charge on any atom is 0.311 e. The van der Waals surface area contributed by atoms with Gasteiger partial charge in [0.25, 0.3) is 0 Å². The van der Waals surface area contributed by atoms with Gasteiger partial charge in [0.15, 0.2) is 0 Å². The number of benzene rings is 1. The number of aliphatic carboxylic acids is 1. The Morgan fingerprint density at radius 1 is 1.53 bits per heavy atom. The molecule has 0 aliphatic carbocycles. The van der Waals surface area contributed by atoms with Crippen molar-refractivity contribution in [3.05, 3.63) is 35.6 Å². The Bertz CT molecular complexity index is 349. The first kappa shape index (κ1) is 11.7. The highest BCUT2D eigenvalue weighted by molar-refractivity contribution is 5.76. The van der Waals surface area contributed by atoms with E-state index < -0.39 is 11.9 Å². The number of halogens is 1. The zero-order valence-corrected chi connectivity index (χ0v) is 8.90. The summed E-state index contributed by atoms with van der Waals surface area (Å²) in [6, 6.07) is 5.82. The standard InChI is InChI=1S/C12H15FO2/c1-3-8(2)11(12(14)15)9-5-4-6-10(13)7-9/h4-8,11H,3H2,1-2H3,(H,14,15). The molecule has 1 rings (SSSR count). The van der Waals surface area contributed by atoms with Crippen molar-refractivity contribution in [2.45, 2.75) is 26.2 Å². The summed E-state index contributed by atoms with van der Waals surface area (Å²) < 4.78 is 13.0. The third kappa shape index (κ3) is 2.78. The van der Waals surface area contributed by atoms with Crippen LogP contribution >= 0.6 is 0 Å². The molecule has 2 nitrogen and oxygen atoms in total. The second kappa shape index (κ2) is 4.91. The summed E-state index contributed by atoms with van der Waals surface area (Å²) in [6.45, 7) is 3.80. The van der Waals surface area contributed by atoms with E-state index in [0.29, 0.717) is 5.56 Å². The molecule has 82 valence electrons. The smallest absolute Gasteiger partial charge is 0.311 e. The zero-order chi connectivity index (χ0) is 11.4. The molecule has 3 heteroatoms. The van der Waals surface area contributed by atoms with Crippen molar-refractivity contribution in [1.82, 2.24) is 0 Å². The summed E-state index contributed by atoms with van der Waals surface area (Å²) in [5.41, 5.74) is 0.539. The minimum absolute atomic E-state index is 0.00398. The summed E-state index contributed by atoms with van der Waals surface area (Å²) in [4.78, 5) is 11.1. The van der Waals surface area contributed by atoms with E-state index in [1.54, 1.807) is 12.1 Å². The van der Waals surface area contributed by atoms with E-state index in [9.17, 15) is 9.18 Å². The van der Waals surface area contributed by atoms with Gasteiger partial charge < -0.3 is 5.11 Å². The molecule has 0 heterocycles. The summed E-state index contributed by atoms with van der Waals surface area (Å²) in [6.07, 6.45) is 0.757. The Hall–Kier alpha value is -1.38. The normalized spacial score (nSPS) is 14.6. The maximum absolute atomic E-state index is 13.0. The lowest BCUT2D eigenvalue weighted by atomic mass is 9.86. The summed E-state index contributed by atoms with van der Waals surface area (Å²) in [5, 5.41) is 9.10. The van der Waals surface area contributed by atoms with Crippen LogP contribution < -0.4 is 0 Å². The fourth-order valence-corrected chi connectivity index (χ4v) is 1.65. The number of hydrogen-bond donors (Lipinski definition) is 1. The average molecular weight is 210 g/mol. The molecule has 0 aromatic heterocycles. The van der Waals surface area contributed by atoms with Crippen LogP contribution in [0.25, 0.3) is 0 Å². The van der Waals surface area contributed by atoms with Crippen LogP contribution in [0.1, 0.15) is 31.7 Å². The molecule has 0 fully saturated rings. The van der Waals surface area contributed by atoms with Crippen molar-refractivity contribution < 1.29 is 14.3 Å². The van der Waals surface area contributed by atoms with Gasteiger partial charge in [-0.1, -0.05) is 32.4 Å². The van der Waals surface area contributed by atoms with Gasteiger partial charge in [-0.15, -0.1) is 0 Å². The van der Waals surface area contributed by atoms with Crippen LogP contribution in [0.5, 0.6) is 0 Å². The topological polar surface area (TPSA) is 37.3 Å². The Morgan fingerprint density at radius 2 is 2.20 bits per heavy atom. The summed E-state index contributed by atoms with van der Waals surface area (Å²) in [5.74, 6) is -1.90. The average Bonchev–Trinajstić information content (AvgIpc) is 2.17. The third-order valence-electron chi connectivity index (χ3n) is 2.69. The number of carboxylic acid groups (broad SMARTS) is 1. The molecule has 0 radical (unpaired) electrons. The van der Waals surface area contributed by atoms with Crippen molar-refractivity contribution >= 4 is 5.97 Å². The van der Waals surface area contributed by atoms with Crippen LogP contribution in [0.3, 0.4) is 0 Å². The molecule has 0 saturated heterocycles. The fraction of sp³-hybridized carbons (Fsp3) is 0.417. The third-order valence-corrected chi connectivity index (χ3v) is 2.69. The first-order valence-electron chi connectivity index (χ1n) is 5.04. The molecule has 0 bridgehead atoms. The van der Waals surface area contributed by atoms with Crippen molar-refractivity contribution in [3.8, 4) is 0 Å².